The fraction of sp³-hybridized carbons (Fsp3) is 0.609. The number of fused-ring (bicyclic) bond motifs is 1. The van der Waals surface area contributed by atoms with Crippen LogP contribution < -0.4 is 20.1 Å². The van der Waals surface area contributed by atoms with Gasteiger partial charge < -0.3 is 24.8 Å². The minimum Gasteiger partial charge on any atom is -0.493 e. The Labute approximate surface area is 213 Å². The summed E-state index contributed by atoms with van der Waals surface area (Å²) in [5.74, 6) is 4.02. The fourth-order valence-electron chi connectivity index (χ4n) is 3.81. The summed E-state index contributed by atoms with van der Waals surface area (Å²) in [7, 11) is 4.96. The summed E-state index contributed by atoms with van der Waals surface area (Å²) in [5.41, 5.74) is 0.966. The standard InChI is InChI=1S/C23H36N6O3.HI/c1-7-24-22(26-17-9-11-21-27-20(14-30-4)28-29(21)13-17)25-15-23(2,3)16-8-10-18(31-5)19(12-16)32-6;/h8,10,12,17H,7,9,11,13-15H2,1-6H3,(H2,24,25,26);1H. The third-order valence-electron chi connectivity index (χ3n) is 5.66. The molecule has 0 saturated heterocycles. The lowest BCUT2D eigenvalue weighted by atomic mass is 9.84. The second-order valence-electron chi connectivity index (χ2n) is 8.59. The van der Waals surface area contributed by atoms with Gasteiger partial charge in [0.2, 0.25) is 0 Å². The molecular formula is C23H37IN6O3. The minimum atomic E-state index is -0.178. The summed E-state index contributed by atoms with van der Waals surface area (Å²) < 4.78 is 18.0. The van der Waals surface area contributed by atoms with Crippen LogP contribution in [0.2, 0.25) is 0 Å². The molecule has 1 aromatic heterocycles. The van der Waals surface area contributed by atoms with E-state index >= 15 is 0 Å². The van der Waals surface area contributed by atoms with E-state index in [9.17, 15) is 0 Å². The minimum absolute atomic E-state index is 0. The zero-order valence-corrected chi connectivity index (χ0v) is 22.8. The molecule has 184 valence electrons. The molecule has 0 fully saturated rings. The van der Waals surface area contributed by atoms with Crippen molar-refractivity contribution in [1.82, 2.24) is 25.4 Å². The van der Waals surface area contributed by atoms with E-state index in [1.165, 1.54) is 0 Å². The van der Waals surface area contributed by atoms with E-state index < -0.39 is 0 Å². The molecule has 1 aliphatic rings. The van der Waals surface area contributed by atoms with Crippen LogP contribution in [0.5, 0.6) is 11.5 Å². The lowest BCUT2D eigenvalue weighted by Crippen LogP contribution is -2.47. The van der Waals surface area contributed by atoms with Crippen molar-refractivity contribution >= 4 is 29.9 Å². The van der Waals surface area contributed by atoms with Gasteiger partial charge in [-0.15, -0.1) is 24.0 Å². The van der Waals surface area contributed by atoms with Gasteiger partial charge in [0.15, 0.2) is 23.3 Å². The average molecular weight is 572 g/mol. The van der Waals surface area contributed by atoms with Gasteiger partial charge in [0, 0.05) is 31.5 Å². The number of halogens is 1. The quantitative estimate of drug-likeness (QED) is 0.271. The molecule has 1 unspecified atom stereocenters. The Morgan fingerprint density at radius 1 is 1.21 bits per heavy atom. The zero-order valence-electron chi connectivity index (χ0n) is 20.5. The van der Waals surface area contributed by atoms with E-state index in [1.807, 2.05) is 16.8 Å². The summed E-state index contributed by atoms with van der Waals surface area (Å²) in [6.07, 6.45) is 1.86. The van der Waals surface area contributed by atoms with Crippen molar-refractivity contribution in [3.05, 3.63) is 35.4 Å². The molecule has 1 aromatic carbocycles. The van der Waals surface area contributed by atoms with Crippen LogP contribution in [0, 0.1) is 0 Å². The van der Waals surface area contributed by atoms with Crippen LogP contribution in [0.3, 0.4) is 0 Å². The largest absolute Gasteiger partial charge is 0.493 e. The maximum absolute atomic E-state index is 5.48. The first kappa shape index (κ1) is 27.2. The maximum atomic E-state index is 5.48. The molecule has 0 bridgehead atoms. The summed E-state index contributed by atoms with van der Waals surface area (Å²) in [4.78, 5) is 9.45. The second kappa shape index (κ2) is 12.4. The van der Waals surface area contributed by atoms with Gasteiger partial charge in [0.05, 0.1) is 27.3 Å². The molecule has 2 aromatic rings. The van der Waals surface area contributed by atoms with Crippen LogP contribution in [0.1, 0.15) is 44.4 Å². The summed E-state index contributed by atoms with van der Waals surface area (Å²) in [6, 6.07) is 6.28. The number of aliphatic imine (C=N–C) groups is 1. The number of nitrogens with zero attached hydrogens (tertiary/aromatic N) is 4. The number of hydrogen-bond donors (Lipinski definition) is 2. The Balaban J connectivity index is 0.00000385. The normalized spacial score (nSPS) is 15.9. The van der Waals surface area contributed by atoms with Gasteiger partial charge in [-0.2, -0.15) is 5.10 Å². The fourth-order valence-corrected chi connectivity index (χ4v) is 3.81. The molecular weight excluding hydrogens is 535 g/mol. The van der Waals surface area contributed by atoms with Gasteiger partial charge in [-0.25, -0.2) is 9.67 Å². The van der Waals surface area contributed by atoms with Crippen molar-refractivity contribution < 1.29 is 14.2 Å². The number of aromatic nitrogens is 3. The van der Waals surface area contributed by atoms with Crippen molar-refractivity contribution in [3.63, 3.8) is 0 Å². The predicted molar refractivity (Wildman–Crippen MR) is 140 cm³/mol. The number of rotatable bonds is 9. The van der Waals surface area contributed by atoms with Crippen LogP contribution in [-0.2, 0) is 29.7 Å². The molecule has 0 amide bonds. The Hall–Kier alpha value is -2.08. The molecule has 9 nitrogen and oxygen atoms in total. The van der Waals surface area contributed by atoms with E-state index in [1.54, 1.807) is 21.3 Å². The van der Waals surface area contributed by atoms with Crippen LogP contribution >= 0.6 is 24.0 Å². The van der Waals surface area contributed by atoms with Crippen molar-refractivity contribution in [3.8, 4) is 11.5 Å². The highest BCUT2D eigenvalue weighted by Crippen LogP contribution is 2.33. The lowest BCUT2D eigenvalue weighted by molar-refractivity contribution is 0.177. The summed E-state index contributed by atoms with van der Waals surface area (Å²) >= 11 is 0. The van der Waals surface area contributed by atoms with E-state index in [0.29, 0.717) is 13.2 Å². The van der Waals surface area contributed by atoms with Crippen LogP contribution in [0.15, 0.2) is 23.2 Å². The topological polar surface area (TPSA) is 94.8 Å². The molecule has 0 saturated carbocycles. The second-order valence-corrected chi connectivity index (χ2v) is 8.59. The number of hydrogen-bond acceptors (Lipinski definition) is 6. The van der Waals surface area contributed by atoms with Gasteiger partial charge >= 0.3 is 0 Å². The molecule has 0 aliphatic carbocycles. The summed E-state index contributed by atoms with van der Waals surface area (Å²) in [6.45, 7) is 9.05. The number of nitrogens with one attached hydrogen (secondary N) is 2. The van der Waals surface area contributed by atoms with Gasteiger partial charge in [0.25, 0.3) is 0 Å². The molecule has 33 heavy (non-hydrogen) atoms. The third-order valence-corrected chi connectivity index (χ3v) is 5.66. The molecule has 10 heteroatoms. The number of guanidine groups is 1. The van der Waals surface area contributed by atoms with Crippen molar-refractivity contribution in [2.75, 3.05) is 34.4 Å². The van der Waals surface area contributed by atoms with Gasteiger partial charge in [-0.3, -0.25) is 4.99 Å². The molecule has 0 radical (unpaired) electrons. The van der Waals surface area contributed by atoms with E-state index in [-0.39, 0.29) is 35.4 Å². The number of methoxy groups -OCH3 is 3. The Kier molecular flexibility index (Phi) is 10.2. The SMILES string of the molecule is CCNC(=NCC(C)(C)c1ccc(OC)c(OC)c1)NC1CCc2nc(COC)nn2C1.I. The van der Waals surface area contributed by atoms with Gasteiger partial charge in [-0.05, 0) is 31.0 Å². The van der Waals surface area contributed by atoms with Crippen LogP contribution in [-0.4, -0.2) is 61.2 Å². The van der Waals surface area contributed by atoms with Crippen molar-refractivity contribution in [2.24, 2.45) is 4.99 Å². The van der Waals surface area contributed by atoms with Crippen molar-refractivity contribution in [2.45, 2.75) is 58.2 Å². The van der Waals surface area contributed by atoms with Crippen molar-refractivity contribution in [1.29, 1.82) is 0 Å². The third kappa shape index (κ3) is 6.95. The van der Waals surface area contributed by atoms with Crippen LogP contribution in [0.4, 0.5) is 0 Å². The average Bonchev–Trinajstić information content (AvgIpc) is 3.19. The van der Waals surface area contributed by atoms with Gasteiger partial charge in [-0.1, -0.05) is 19.9 Å². The first-order valence-corrected chi connectivity index (χ1v) is 11.1. The van der Waals surface area contributed by atoms with E-state index in [4.69, 9.17) is 19.2 Å². The zero-order chi connectivity index (χ0) is 23.1. The molecule has 1 atom stereocenters. The highest BCUT2D eigenvalue weighted by molar-refractivity contribution is 14.0. The molecule has 2 heterocycles. The molecule has 1 aliphatic heterocycles. The highest BCUT2D eigenvalue weighted by atomic mass is 127. The first-order chi connectivity index (χ1) is 15.4. The maximum Gasteiger partial charge on any atom is 0.191 e. The Morgan fingerprint density at radius 2 is 1.97 bits per heavy atom. The van der Waals surface area contributed by atoms with E-state index in [2.05, 4.69) is 47.6 Å². The molecule has 0 spiro atoms. The summed E-state index contributed by atoms with van der Waals surface area (Å²) in [5, 5.41) is 11.5. The number of benzene rings is 1. The predicted octanol–water partition coefficient (Wildman–Crippen LogP) is 2.91. The van der Waals surface area contributed by atoms with E-state index in [0.717, 1.165) is 60.6 Å². The van der Waals surface area contributed by atoms with Crippen LogP contribution in [0.25, 0.3) is 0 Å². The highest BCUT2D eigenvalue weighted by Gasteiger charge is 2.25. The lowest BCUT2D eigenvalue weighted by Gasteiger charge is -2.27. The Bertz CT molecular complexity index is 931. The smallest absolute Gasteiger partial charge is 0.191 e. The Morgan fingerprint density at radius 3 is 2.64 bits per heavy atom. The number of aryl methyl sites for hydroxylation is 1. The number of ether oxygens (including phenoxy) is 3. The first-order valence-electron chi connectivity index (χ1n) is 11.1. The monoisotopic (exact) mass is 572 g/mol. The molecule has 2 N–H and O–H groups in total. The van der Waals surface area contributed by atoms with Gasteiger partial charge in [0.1, 0.15) is 12.4 Å². The molecule has 3 rings (SSSR count).